The van der Waals surface area contributed by atoms with Gasteiger partial charge in [0.15, 0.2) is 0 Å². The normalized spacial score (nSPS) is 19.1. The maximum Gasteiger partial charge on any atom is 0.321 e. The van der Waals surface area contributed by atoms with E-state index < -0.39 is 0 Å². The summed E-state index contributed by atoms with van der Waals surface area (Å²) in [5.41, 5.74) is 2.91. The van der Waals surface area contributed by atoms with Gasteiger partial charge in [-0.1, -0.05) is 30.7 Å². The van der Waals surface area contributed by atoms with E-state index in [9.17, 15) is 9.59 Å². The second-order valence-corrected chi connectivity index (χ2v) is 8.44. The van der Waals surface area contributed by atoms with Gasteiger partial charge in [-0.15, -0.1) is 0 Å². The standard InChI is InChI=1S/C24H30N4O2/c1-18-7-2-3-12-22(18)26-24(30)27-14-6-11-21(17-27)28(23(29)20-9-4-10-20)16-19-8-5-13-25-15-19/h2-3,5,7-8,12-13,15,20-21H,4,6,9-11,14,16-17H2,1H3,(H,26,30). The second kappa shape index (κ2) is 9.28. The number of carbonyl (C=O) groups is 2. The Morgan fingerprint density at radius 3 is 2.67 bits per heavy atom. The minimum atomic E-state index is -0.0913. The van der Waals surface area contributed by atoms with Crippen LogP contribution in [0.5, 0.6) is 0 Å². The molecule has 0 bridgehead atoms. The lowest BCUT2D eigenvalue weighted by Crippen LogP contribution is -2.54. The molecule has 1 aromatic carbocycles. The molecule has 2 fully saturated rings. The molecular weight excluding hydrogens is 376 g/mol. The predicted molar refractivity (Wildman–Crippen MR) is 117 cm³/mol. The number of nitrogens with zero attached hydrogens (tertiary/aromatic N) is 3. The van der Waals surface area contributed by atoms with Crippen LogP contribution in [0.1, 0.15) is 43.2 Å². The zero-order chi connectivity index (χ0) is 20.9. The van der Waals surface area contributed by atoms with Gasteiger partial charge in [0.1, 0.15) is 0 Å². The van der Waals surface area contributed by atoms with Crippen LogP contribution in [0.2, 0.25) is 0 Å². The van der Waals surface area contributed by atoms with Crippen molar-refractivity contribution < 1.29 is 9.59 Å². The number of amides is 3. The molecule has 6 heteroatoms. The molecule has 4 rings (SSSR count). The molecule has 1 atom stereocenters. The Hall–Kier alpha value is -2.89. The summed E-state index contributed by atoms with van der Waals surface area (Å²) in [5, 5.41) is 3.04. The number of hydrogen-bond acceptors (Lipinski definition) is 3. The van der Waals surface area contributed by atoms with E-state index in [2.05, 4.69) is 10.3 Å². The molecule has 158 valence electrons. The molecule has 2 aliphatic rings. The molecule has 3 amide bonds. The highest BCUT2D eigenvalue weighted by atomic mass is 16.2. The first-order chi connectivity index (χ1) is 14.6. The monoisotopic (exact) mass is 406 g/mol. The van der Waals surface area contributed by atoms with Crippen LogP contribution in [0, 0.1) is 12.8 Å². The van der Waals surface area contributed by atoms with E-state index in [4.69, 9.17) is 0 Å². The van der Waals surface area contributed by atoms with Crippen molar-refractivity contribution in [2.45, 2.75) is 51.6 Å². The molecule has 1 saturated carbocycles. The van der Waals surface area contributed by atoms with Crippen molar-refractivity contribution in [1.82, 2.24) is 14.8 Å². The lowest BCUT2D eigenvalue weighted by Gasteiger charge is -2.42. The van der Waals surface area contributed by atoms with Gasteiger partial charge >= 0.3 is 6.03 Å². The summed E-state index contributed by atoms with van der Waals surface area (Å²) < 4.78 is 0. The number of hydrogen-bond donors (Lipinski definition) is 1. The predicted octanol–water partition coefficient (Wildman–Crippen LogP) is 4.22. The molecule has 1 aromatic heterocycles. The number of rotatable bonds is 5. The van der Waals surface area contributed by atoms with Gasteiger partial charge in [0.25, 0.3) is 0 Å². The number of likely N-dealkylation sites (tertiary alicyclic amines) is 1. The van der Waals surface area contributed by atoms with Gasteiger partial charge in [-0.05, 0) is 55.9 Å². The number of aromatic nitrogens is 1. The molecule has 0 spiro atoms. The number of pyridine rings is 1. The summed E-state index contributed by atoms with van der Waals surface area (Å²) in [6.45, 7) is 3.83. The summed E-state index contributed by atoms with van der Waals surface area (Å²) in [5.74, 6) is 0.370. The van der Waals surface area contributed by atoms with E-state index in [1.54, 1.807) is 6.20 Å². The molecule has 2 aromatic rings. The third-order valence-corrected chi connectivity index (χ3v) is 6.32. The SMILES string of the molecule is Cc1ccccc1NC(=O)N1CCCC(N(Cc2cccnc2)C(=O)C2CCC2)C1. The zero-order valence-corrected chi connectivity index (χ0v) is 17.6. The number of urea groups is 1. The number of para-hydroxylation sites is 1. The van der Waals surface area contributed by atoms with Crippen LogP contribution >= 0.6 is 0 Å². The van der Waals surface area contributed by atoms with Gasteiger partial charge in [-0.3, -0.25) is 9.78 Å². The van der Waals surface area contributed by atoms with Crippen LogP contribution in [-0.4, -0.2) is 45.9 Å². The van der Waals surface area contributed by atoms with Crippen LogP contribution in [0.3, 0.4) is 0 Å². The summed E-state index contributed by atoms with van der Waals surface area (Å²) in [6, 6.07) is 11.7. The lowest BCUT2D eigenvalue weighted by atomic mass is 9.83. The third-order valence-electron chi connectivity index (χ3n) is 6.32. The molecule has 1 aliphatic heterocycles. The van der Waals surface area contributed by atoms with Gasteiger partial charge in [-0.25, -0.2) is 4.79 Å². The van der Waals surface area contributed by atoms with Crippen LogP contribution in [-0.2, 0) is 11.3 Å². The fourth-order valence-electron chi connectivity index (χ4n) is 4.27. The topological polar surface area (TPSA) is 65.5 Å². The van der Waals surface area contributed by atoms with Crippen molar-refractivity contribution in [3.05, 3.63) is 59.9 Å². The fourth-order valence-corrected chi connectivity index (χ4v) is 4.27. The molecule has 6 nitrogen and oxygen atoms in total. The van der Waals surface area contributed by atoms with Crippen molar-refractivity contribution in [3.8, 4) is 0 Å². The first-order valence-corrected chi connectivity index (χ1v) is 10.9. The lowest BCUT2D eigenvalue weighted by molar-refractivity contribution is -0.142. The minimum absolute atomic E-state index is 0.0367. The zero-order valence-electron chi connectivity index (χ0n) is 17.6. The largest absolute Gasteiger partial charge is 0.333 e. The van der Waals surface area contributed by atoms with E-state index in [-0.39, 0.29) is 23.9 Å². The molecule has 1 aliphatic carbocycles. The molecule has 1 N–H and O–H groups in total. The number of benzene rings is 1. The van der Waals surface area contributed by atoms with Gasteiger partial charge < -0.3 is 15.1 Å². The fraction of sp³-hybridized carbons (Fsp3) is 0.458. The molecule has 1 saturated heterocycles. The van der Waals surface area contributed by atoms with E-state index >= 15 is 0 Å². The van der Waals surface area contributed by atoms with Crippen LogP contribution in [0.15, 0.2) is 48.8 Å². The Labute approximate surface area is 178 Å². The minimum Gasteiger partial charge on any atom is -0.333 e. The first-order valence-electron chi connectivity index (χ1n) is 10.9. The van der Waals surface area contributed by atoms with E-state index in [0.29, 0.717) is 19.6 Å². The Morgan fingerprint density at radius 2 is 1.97 bits per heavy atom. The number of aryl methyl sites for hydroxylation is 1. The number of nitrogens with one attached hydrogen (secondary N) is 1. The Kier molecular flexibility index (Phi) is 6.31. The van der Waals surface area contributed by atoms with E-state index in [1.165, 1.54) is 0 Å². The number of anilines is 1. The number of piperidine rings is 1. The maximum absolute atomic E-state index is 13.2. The van der Waals surface area contributed by atoms with E-state index in [1.807, 2.05) is 59.3 Å². The van der Waals surface area contributed by atoms with Crippen molar-refractivity contribution in [2.24, 2.45) is 5.92 Å². The Balaban J connectivity index is 1.47. The van der Waals surface area contributed by atoms with Gasteiger partial charge in [-0.2, -0.15) is 0 Å². The Bertz CT molecular complexity index is 882. The maximum atomic E-state index is 13.2. The van der Waals surface area contributed by atoms with Crippen molar-refractivity contribution in [3.63, 3.8) is 0 Å². The van der Waals surface area contributed by atoms with Gasteiger partial charge in [0.05, 0.1) is 0 Å². The van der Waals surface area contributed by atoms with Crippen molar-refractivity contribution in [1.29, 1.82) is 0 Å². The highest BCUT2D eigenvalue weighted by Crippen LogP contribution is 2.31. The average Bonchev–Trinajstić information content (AvgIpc) is 2.73. The molecule has 0 radical (unpaired) electrons. The molecule has 2 heterocycles. The summed E-state index contributed by atoms with van der Waals surface area (Å²) >= 11 is 0. The summed E-state index contributed by atoms with van der Waals surface area (Å²) in [4.78, 5) is 34.2. The van der Waals surface area contributed by atoms with Crippen LogP contribution < -0.4 is 5.32 Å². The quantitative estimate of drug-likeness (QED) is 0.809. The van der Waals surface area contributed by atoms with Gasteiger partial charge in [0, 0.05) is 49.7 Å². The molecular formula is C24H30N4O2. The third kappa shape index (κ3) is 4.64. The second-order valence-electron chi connectivity index (χ2n) is 8.44. The molecule has 1 unspecified atom stereocenters. The highest BCUT2D eigenvalue weighted by molar-refractivity contribution is 5.90. The van der Waals surface area contributed by atoms with Gasteiger partial charge in [0.2, 0.25) is 5.91 Å². The Morgan fingerprint density at radius 1 is 1.13 bits per heavy atom. The average molecular weight is 407 g/mol. The summed E-state index contributed by atoms with van der Waals surface area (Å²) in [6.07, 6.45) is 8.48. The summed E-state index contributed by atoms with van der Waals surface area (Å²) in [7, 11) is 0. The van der Waals surface area contributed by atoms with Crippen molar-refractivity contribution in [2.75, 3.05) is 18.4 Å². The molecule has 30 heavy (non-hydrogen) atoms. The number of carbonyl (C=O) groups excluding carboxylic acids is 2. The van der Waals surface area contributed by atoms with Crippen molar-refractivity contribution >= 4 is 17.6 Å². The van der Waals surface area contributed by atoms with Crippen LogP contribution in [0.25, 0.3) is 0 Å². The van der Waals surface area contributed by atoms with E-state index in [0.717, 1.165) is 48.9 Å². The first kappa shape index (κ1) is 20.4. The highest BCUT2D eigenvalue weighted by Gasteiger charge is 2.36. The van der Waals surface area contributed by atoms with Crippen LogP contribution in [0.4, 0.5) is 10.5 Å². The smallest absolute Gasteiger partial charge is 0.321 e.